The van der Waals surface area contributed by atoms with Gasteiger partial charge in [-0.05, 0) is 134 Å². The first-order valence-electron chi connectivity index (χ1n) is 19.6. The van der Waals surface area contributed by atoms with E-state index in [1.807, 2.05) is 30.3 Å². The smallest absolute Gasteiger partial charge is 0.338 e. The van der Waals surface area contributed by atoms with E-state index in [2.05, 4.69) is 55.0 Å². The molecule has 7 rings (SSSR count). The number of benzene rings is 2. The van der Waals surface area contributed by atoms with Crippen molar-refractivity contribution in [3.8, 4) is 11.5 Å². The number of phenolic OH excluding ortho intramolecular Hbond substituents is 1. The summed E-state index contributed by atoms with van der Waals surface area (Å²) in [5.41, 5.74) is 0.664. The molecule has 7 nitrogen and oxygen atoms in total. The van der Waals surface area contributed by atoms with Gasteiger partial charge in [0.15, 0.2) is 11.5 Å². The normalized spacial score (nSPS) is 41.7. The van der Waals surface area contributed by atoms with Gasteiger partial charge in [-0.1, -0.05) is 71.9 Å². The first kappa shape index (κ1) is 37.0. The molecule has 0 aliphatic heterocycles. The van der Waals surface area contributed by atoms with Crippen LogP contribution in [0.3, 0.4) is 0 Å². The van der Waals surface area contributed by atoms with Crippen LogP contribution in [0, 0.1) is 56.7 Å². The minimum atomic E-state index is -0.427. The predicted molar refractivity (Wildman–Crippen MR) is 201 cm³/mol. The molecule has 7 heteroatoms. The maximum Gasteiger partial charge on any atom is 0.338 e. The van der Waals surface area contributed by atoms with Crippen LogP contribution in [0.4, 0.5) is 0 Å². The van der Waals surface area contributed by atoms with Crippen molar-refractivity contribution >= 4 is 11.9 Å². The fraction of sp³-hybridized carbons (Fsp3) is 0.644. The lowest BCUT2D eigenvalue weighted by Gasteiger charge is -2.74. The highest BCUT2D eigenvalue weighted by atomic mass is 16.6. The van der Waals surface area contributed by atoms with Crippen molar-refractivity contribution in [3.05, 3.63) is 71.8 Å². The Balaban J connectivity index is 1.39. The van der Waals surface area contributed by atoms with Crippen LogP contribution in [0.2, 0.25) is 0 Å². The minimum Gasteiger partial charge on any atom is -0.504 e. The molecule has 0 radical (unpaired) electrons. The van der Waals surface area contributed by atoms with Crippen LogP contribution in [-0.4, -0.2) is 47.6 Å². The number of hydrogen-bond donors (Lipinski definition) is 2. The Morgan fingerprint density at radius 3 is 2.23 bits per heavy atom. The van der Waals surface area contributed by atoms with Crippen LogP contribution in [0.5, 0.6) is 11.5 Å². The van der Waals surface area contributed by atoms with Crippen LogP contribution in [0.1, 0.15) is 121 Å². The number of carbonyl (C=O) groups is 2. The number of allylic oxidation sites excluding steroid dienone is 1. The van der Waals surface area contributed by atoms with Gasteiger partial charge in [-0.15, -0.1) is 0 Å². The molecule has 2 aromatic rings. The maximum atomic E-state index is 14.3. The van der Waals surface area contributed by atoms with E-state index in [1.54, 1.807) is 12.1 Å². The van der Waals surface area contributed by atoms with E-state index in [1.165, 1.54) is 18.7 Å². The van der Waals surface area contributed by atoms with E-state index in [0.29, 0.717) is 35.8 Å². The molecule has 5 aliphatic rings. The van der Waals surface area contributed by atoms with Crippen molar-refractivity contribution in [2.45, 2.75) is 118 Å². The van der Waals surface area contributed by atoms with Crippen molar-refractivity contribution < 1.29 is 34.0 Å². The molecule has 5 saturated carbocycles. The number of methoxy groups -OCH3 is 1. The van der Waals surface area contributed by atoms with Crippen LogP contribution >= 0.6 is 0 Å². The summed E-state index contributed by atoms with van der Waals surface area (Å²) in [4.78, 5) is 28.4. The van der Waals surface area contributed by atoms with Gasteiger partial charge in [0.2, 0.25) is 0 Å². The minimum absolute atomic E-state index is 0.0321. The summed E-state index contributed by atoms with van der Waals surface area (Å²) in [6.07, 6.45) is 5.72. The molecule has 0 unspecified atom stereocenters. The second-order valence-electron chi connectivity index (χ2n) is 19.0. The molecule has 52 heavy (non-hydrogen) atoms. The van der Waals surface area contributed by atoms with Gasteiger partial charge < -0.3 is 24.4 Å². The van der Waals surface area contributed by atoms with Gasteiger partial charge >= 0.3 is 11.9 Å². The number of hydrogen-bond acceptors (Lipinski definition) is 7. The fourth-order valence-electron chi connectivity index (χ4n) is 13.7. The van der Waals surface area contributed by atoms with Gasteiger partial charge in [-0.2, -0.15) is 0 Å². The Hall–Kier alpha value is -3.32. The molecule has 0 amide bonds. The van der Waals surface area contributed by atoms with Gasteiger partial charge in [0.25, 0.3) is 0 Å². The third kappa shape index (κ3) is 5.29. The Bertz CT molecular complexity index is 1730. The average molecular weight is 713 g/mol. The van der Waals surface area contributed by atoms with Gasteiger partial charge in [-0.3, -0.25) is 0 Å². The van der Waals surface area contributed by atoms with E-state index in [4.69, 9.17) is 14.2 Å². The molecule has 0 bridgehead atoms. The molecule has 2 aromatic carbocycles. The molecular formula is C45H60O7. The number of ether oxygens (including phenoxy) is 3. The molecule has 2 N–H and O–H groups in total. The van der Waals surface area contributed by atoms with Crippen molar-refractivity contribution in [3.63, 3.8) is 0 Å². The Labute approximate surface area is 310 Å². The third-order valence-electron chi connectivity index (χ3n) is 16.3. The summed E-state index contributed by atoms with van der Waals surface area (Å²) in [5.74, 6) is 0.368. The van der Waals surface area contributed by atoms with Gasteiger partial charge in [0.1, 0.15) is 12.2 Å². The van der Waals surface area contributed by atoms with Crippen LogP contribution in [0.15, 0.2) is 60.7 Å². The molecule has 0 aromatic heterocycles. The van der Waals surface area contributed by atoms with Crippen molar-refractivity contribution in [1.29, 1.82) is 0 Å². The quantitative estimate of drug-likeness (QED) is 0.227. The summed E-state index contributed by atoms with van der Waals surface area (Å²) < 4.78 is 19.1. The molecular weight excluding hydrogens is 652 g/mol. The predicted octanol–water partition coefficient (Wildman–Crippen LogP) is 9.41. The zero-order chi connectivity index (χ0) is 37.6. The van der Waals surface area contributed by atoms with Crippen molar-refractivity contribution in [2.75, 3.05) is 7.11 Å². The lowest BCUT2D eigenvalue weighted by molar-refractivity contribution is -0.298. The van der Waals surface area contributed by atoms with E-state index < -0.39 is 23.6 Å². The number of aromatic hydroxyl groups is 1. The van der Waals surface area contributed by atoms with E-state index in [9.17, 15) is 19.8 Å². The zero-order valence-corrected chi connectivity index (χ0v) is 32.5. The number of fused-ring (bicyclic) bond motifs is 7. The number of carbonyl (C=O) groups excluding carboxylic acids is 2. The first-order valence-corrected chi connectivity index (χ1v) is 19.6. The highest BCUT2D eigenvalue weighted by Gasteiger charge is 2.76. The molecule has 0 spiro atoms. The number of aliphatic hydroxyl groups is 1. The SMILES string of the molecule is C=C(C)[C@@H]1CC[C@]2(C)C[C@H](OC(=O)c3ccccc3)[C@]3(C)[C@H](C[C@@H](OC(=O)c4ccc(O)c(OC)c4)[C@@H]4[C@@]5(C)CC[C@H](O)C(C)(C)[C@@H]5CC[C@]43C)[C@@H]12. The summed E-state index contributed by atoms with van der Waals surface area (Å²) in [6.45, 7) is 20.7. The van der Waals surface area contributed by atoms with Gasteiger partial charge in [0.05, 0.1) is 24.3 Å². The highest BCUT2D eigenvalue weighted by Crippen LogP contribution is 2.78. The summed E-state index contributed by atoms with van der Waals surface area (Å²) >= 11 is 0. The lowest BCUT2D eigenvalue weighted by atomic mass is 9.31. The van der Waals surface area contributed by atoms with Crippen LogP contribution in [-0.2, 0) is 9.47 Å². The van der Waals surface area contributed by atoms with E-state index in [0.717, 1.165) is 38.5 Å². The Kier molecular flexibility index (Phi) is 8.99. The first-order chi connectivity index (χ1) is 24.4. The van der Waals surface area contributed by atoms with Gasteiger partial charge in [0, 0.05) is 11.3 Å². The van der Waals surface area contributed by atoms with E-state index >= 15 is 0 Å². The summed E-state index contributed by atoms with van der Waals surface area (Å²) in [5, 5.41) is 21.7. The molecule has 282 valence electrons. The van der Waals surface area contributed by atoms with Crippen molar-refractivity contribution in [1.82, 2.24) is 0 Å². The molecule has 5 fully saturated rings. The molecule has 0 heterocycles. The van der Waals surface area contributed by atoms with E-state index in [-0.39, 0.29) is 63.0 Å². The van der Waals surface area contributed by atoms with Crippen LogP contribution in [0.25, 0.3) is 0 Å². The topological polar surface area (TPSA) is 102 Å². The zero-order valence-electron chi connectivity index (χ0n) is 32.5. The van der Waals surface area contributed by atoms with Gasteiger partial charge in [-0.25, -0.2) is 9.59 Å². The molecule has 12 atom stereocenters. The number of esters is 2. The Morgan fingerprint density at radius 1 is 0.865 bits per heavy atom. The highest BCUT2D eigenvalue weighted by molar-refractivity contribution is 5.90. The molecule has 5 aliphatic carbocycles. The lowest BCUT2D eigenvalue weighted by Crippen LogP contribution is -2.73. The average Bonchev–Trinajstić information content (AvgIpc) is 3.45. The standard InChI is InChI=1S/C45H60O7/c1-26(2)29-17-20-42(5)25-36(52-39(48)27-13-11-10-12-14-27)45(8)30(37(29)42)24-33(51-40(49)28-15-16-31(46)32(23-28)50-9)38-43(6)21-19-35(47)41(3,4)34(43)18-22-44(38,45)7/h10-16,23,29-30,33-38,46-47H,1,17-22,24-25H2,2-9H3/t29-,30+,33+,34-,35-,36-,37+,38+,42+,43-,44+,45-/m0/s1. The fourth-order valence-corrected chi connectivity index (χ4v) is 13.7. The third-order valence-corrected chi connectivity index (χ3v) is 16.3. The van der Waals surface area contributed by atoms with Crippen LogP contribution < -0.4 is 4.74 Å². The second kappa shape index (κ2) is 12.6. The monoisotopic (exact) mass is 712 g/mol. The summed E-state index contributed by atoms with van der Waals surface area (Å²) in [6, 6.07) is 14.0. The number of aliphatic hydroxyl groups excluding tert-OH is 1. The maximum absolute atomic E-state index is 14.3. The number of rotatable bonds is 6. The second-order valence-corrected chi connectivity index (χ2v) is 19.0. The summed E-state index contributed by atoms with van der Waals surface area (Å²) in [7, 11) is 1.47. The van der Waals surface area contributed by atoms with Crippen molar-refractivity contribution in [2.24, 2.45) is 56.7 Å². The largest absolute Gasteiger partial charge is 0.504 e. The Morgan fingerprint density at radius 2 is 1.56 bits per heavy atom. The molecule has 0 saturated heterocycles. The number of phenols is 1.